The van der Waals surface area contributed by atoms with Gasteiger partial charge in [0.25, 0.3) is 0 Å². The lowest BCUT2D eigenvalue weighted by molar-refractivity contribution is 0.662. The molecule has 8 aromatic rings. The number of hydrogen-bond acceptors (Lipinski definition) is 1. The van der Waals surface area contributed by atoms with Crippen molar-refractivity contribution in [1.82, 2.24) is 0 Å². The summed E-state index contributed by atoms with van der Waals surface area (Å²) < 4.78 is 0. The molecule has 0 N–H and O–H groups in total. The van der Waals surface area contributed by atoms with E-state index < -0.39 is 0 Å². The van der Waals surface area contributed by atoms with Crippen molar-refractivity contribution in [3.05, 3.63) is 198 Å². The molecule has 0 heterocycles. The predicted molar refractivity (Wildman–Crippen MR) is 234 cm³/mol. The first kappa shape index (κ1) is 33.4. The molecule has 2 aliphatic carbocycles. The lowest BCUT2D eigenvalue weighted by Crippen LogP contribution is -2.15. The van der Waals surface area contributed by atoms with E-state index in [0.29, 0.717) is 0 Å². The van der Waals surface area contributed by atoms with Gasteiger partial charge in [-0.2, -0.15) is 0 Å². The van der Waals surface area contributed by atoms with Crippen LogP contribution in [0.5, 0.6) is 0 Å². The van der Waals surface area contributed by atoms with Crippen LogP contribution in [-0.4, -0.2) is 0 Å². The largest absolute Gasteiger partial charge is 0.310 e. The molecule has 0 amide bonds. The fourth-order valence-corrected chi connectivity index (χ4v) is 9.42. The summed E-state index contributed by atoms with van der Waals surface area (Å²) in [6, 6.07) is 64.8. The lowest BCUT2D eigenvalue weighted by Gasteiger charge is -2.32. The number of benzene rings is 8. The van der Waals surface area contributed by atoms with Gasteiger partial charge in [0.15, 0.2) is 0 Å². The topological polar surface area (TPSA) is 3.24 Å². The van der Waals surface area contributed by atoms with E-state index in [4.69, 9.17) is 0 Å². The minimum Gasteiger partial charge on any atom is -0.310 e. The van der Waals surface area contributed by atoms with Gasteiger partial charge in [0.2, 0.25) is 0 Å². The predicted octanol–water partition coefficient (Wildman–Crippen LogP) is 14.7. The number of rotatable bonds is 7. The van der Waals surface area contributed by atoms with Gasteiger partial charge in [0.1, 0.15) is 0 Å². The van der Waals surface area contributed by atoms with Gasteiger partial charge in [-0.05, 0) is 171 Å². The van der Waals surface area contributed by atoms with Crippen molar-refractivity contribution in [2.45, 2.75) is 51.4 Å². The third-order valence-corrected chi connectivity index (χ3v) is 12.0. The van der Waals surface area contributed by atoms with Crippen LogP contribution in [-0.2, 0) is 25.7 Å². The van der Waals surface area contributed by atoms with E-state index in [2.05, 4.69) is 181 Å². The van der Waals surface area contributed by atoms with Gasteiger partial charge in [-0.25, -0.2) is 0 Å². The standard InChI is InChI=1S/C54H45N/c1-4-14-38(15-5-1)40-26-31-46(32-27-40)55(47-33-28-41(29-34-47)39-16-6-2-7-17-39)48-35-30-43-36-45(25-24-44(43)37-48)54-51-22-12-10-20-49(51)53(42-18-8-3-9-19-42)50-21-11-13-23-52(50)54/h1-9,14-19,24-37H,10-13,20-23H2. The second-order valence-corrected chi connectivity index (χ2v) is 15.4. The zero-order chi connectivity index (χ0) is 36.6. The van der Waals surface area contributed by atoms with Crippen LogP contribution in [0.15, 0.2) is 176 Å². The normalized spacial score (nSPS) is 13.6. The van der Waals surface area contributed by atoms with Crippen LogP contribution in [0.3, 0.4) is 0 Å². The van der Waals surface area contributed by atoms with Crippen molar-refractivity contribution in [3.63, 3.8) is 0 Å². The van der Waals surface area contributed by atoms with Crippen molar-refractivity contribution in [1.29, 1.82) is 0 Å². The molecular formula is C54H45N. The Hall–Kier alpha value is -6.18. The number of anilines is 3. The highest BCUT2D eigenvalue weighted by atomic mass is 15.1. The molecule has 0 radical (unpaired) electrons. The zero-order valence-corrected chi connectivity index (χ0v) is 31.3. The molecule has 55 heavy (non-hydrogen) atoms. The molecule has 1 heteroatoms. The Morgan fingerprint density at radius 3 is 1.09 bits per heavy atom. The maximum atomic E-state index is 2.48. The summed E-state index contributed by atoms with van der Waals surface area (Å²) in [6.45, 7) is 0. The minimum absolute atomic E-state index is 1.14. The number of nitrogens with zero attached hydrogens (tertiary/aromatic N) is 1. The first-order valence-electron chi connectivity index (χ1n) is 20.2. The molecule has 0 aliphatic heterocycles. The van der Waals surface area contributed by atoms with Gasteiger partial charge in [-0.15, -0.1) is 0 Å². The molecule has 10 rings (SSSR count). The molecule has 1 nitrogen and oxygen atoms in total. The average molecular weight is 708 g/mol. The summed E-state index contributed by atoms with van der Waals surface area (Å²) in [5.74, 6) is 0. The quantitative estimate of drug-likeness (QED) is 0.159. The summed E-state index contributed by atoms with van der Waals surface area (Å²) in [6.07, 6.45) is 9.84. The second-order valence-electron chi connectivity index (χ2n) is 15.4. The molecule has 8 aromatic carbocycles. The highest BCUT2D eigenvalue weighted by Gasteiger charge is 2.28. The SMILES string of the molecule is c1ccc(-c2ccc(N(c3ccc(-c4ccccc4)cc3)c3ccc4cc(-c5c6c(c(-c7ccccc7)c7c5CCCC7)CCCC6)ccc4c3)cc2)cc1. The van der Waals surface area contributed by atoms with E-state index in [1.807, 2.05) is 0 Å². The van der Waals surface area contributed by atoms with Crippen molar-refractivity contribution in [2.75, 3.05) is 4.90 Å². The fraction of sp³-hybridized carbons (Fsp3) is 0.148. The van der Waals surface area contributed by atoms with Gasteiger partial charge >= 0.3 is 0 Å². The molecule has 0 saturated heterocycles. The summed E-state index contributed by atoms with van der Waals surface area (Å²) in [7, 11) is 0. The van der Waals surface area contributed by atoms with E-state index in [1.165, 1.54) is 95.5 Å². The van der Waals surface area contributed by atoms with Crippen LogP contribution in [0.2, 0.25) is 0 Å². The third-order valence-electron chi connectivity index (χ3n) is 12.0. The van der Waals surface area contributed by atoms with Crippen LogP contribution in [0.25, 0.3) is 55.3 Å². The van der Waals surface area contributed by atoms with Crippen molar-refractivity contribution >= 4 is 27.8 Å². The smallest absolute Gasteiger partial charge is 0.0468 e. The van der Waals surface area contributed by atoms with Crippen LogP contribution >= 0.6 is 0 Å². The number of fused-ring (bicyclic) bond motifs is 3. The molecular weight excluding hydrogens is 663 g/mol. The van der Waals surface area contributed by atoms with E-state index >= 15 is 0 Å². The highest BCUT2D eigenvalue weighted by molar-refractivity contribution is 5.94. The monoisotopic (exact) mass is 707 g/mol. The van der Waals surface area contributed by atoms with Gasteiger partial charge in [0.05, 0.1) is 0 Å². The van der Waals surface area contributed by atoms with Crippen molar-refractivity contribution < 1.29 is 0 Å². The fourth-order valence-electron chi connectivity index (χ4n) is 9.42. The molecule has 0 saturated carbocycles. The summed E-state index contributed by atoms with van der Waals surface area (Å²) in [5.41, 5.74) is 20.7. The van der Waals surface area contributed by atoms with E-state index in [1.54, 1.807) is 33.4 Å². The van der Waals surface area contributed by atoms with Gasteiger partial charge in [-0.1, -0.05) is 133 Å². The number of hydrogen-bond donors (Lipinski definition) is 0. The molecule has 0 aromatic heterocycles. The maximum absolute atomic E-state index is 2.48. The van der Waals surface area contributed by atoms with E-state index in [9.17, 15) is 0 Å². The first-order valence-corrected chi connectivity index (χ1v) is 20.2. The molecule has 266 valence electrons. The van der Waals surface area contributed by atoms with Gasteiger partial charge < -0.3 is 4.90 Å². The van der Waals surface area contributed by atoms with E-state index in [0.717, 1.165) is 17.1 Å². The Labute approximate surface area is 325 Å². The van der Waals surface area contributed by atoms with Gasteiger partial charge in [-0.3, -0.25) is 0 Å². The second kappa shape index (κ2) is 14.6. The molecule has 2 aliphatic rings. The Balaban J connectivity index is 1.07. The lowest BCUT2D eigenvalue weighted by atomic mass is 9.73. The molecule has 0 bridgehead atoms. The summed E-state index contributed by atoms with van der Waals surface area (Å²) >= 11 is 0. The zero-order valence-electron chi connectivity index (χ0n) is 31.3. The van der Waals surface area contributed by atoms with Crippen LogP contribution < -0.4 is 4.90 Å². The maximum Gasteiger partial charge on any atom is 0.0468 e. The van der Waals surface area contributed by atoms with E-state index in [-0.39, 0.29) is 0 Å². The van der Waals surface area contributed by atoms with Crippen molar-refractivity contribution in [2.24, 2.45) is 0 Å². The Morgan fingerprint density at radius 2 is 0.618 bits per heavy atom. The van der Waals surface area contributed by atoms with Crippen LogP contribution in [0, 0.1) is 0 Å². The van der Waals surface area contributed by atoms with Gasteiger partial charge in [0, 0.05) is 17.1 Å². The highest BCUT2D eigenvalue weighted by Crippen LogP contribution is 2.47. The molecule has 0 atom stereocenters. The summed E-state index contributed by atoms with van der Waals surface area (Å²) in [5, 5.41) is 2.55. The first-order chi connectivity index (χ1) is 27.3. The average Bonchev–Trinajstić information content (AvgIpc) is 3.27. The summed E-state index contributed by atoms with van der Waals surface area (Å²) in [4.78, 5) is 2.39. The Bertz CT molecular complexity index is 2480. The van der Waals surface area contributed by atoms with Crippen LogP contribution in [0.1, 0.15) is 47.9 Å². The minimum atomic E-state index is 1.14. The van der Waals surface area contributed by atoms with Crippen molar-refractivity contribution in [3.8, 4) is 44.5 Å². The third kappa shape index (κ3) is 6.34. The van der Waals surface area contributed by atoms with Crippen LogP contribution in [0.4, 0.5) is 17.1 Å². The Morgan fingerprint density at radius 1 is 0.273 bits per heavy atom. The Kier molecular flexibility index (Phi) is 8.85. The molecule has 0 fully saturated rings. The molecule has 0 spiro atoms. The molecule has 0 unspecified atom stereocenters.